The van der Waals surface area contributed by atoms with Crippen molar-refractivity contribution < 1.29 is 43.6 Å². The summed E-state index contributed by atoms with van der Waals surface area (Å²) in [5, 5.41) is 0.758. The van der Waals surface area contributed by atoms with Gasteiger partial charge < -0.3 is 5.61 Å². The second-order valence-electron chi connectivity index (χ2n) is 2.52. The molecule has 0 aromatic heterocycles. The van der Waals surface area contributed by atoms with E-state index < -0.39 is 10.1 Å². The Labute approximate surface area is 113 Å². The van der Waals surface area contributed by atoms with E-state index in [1.807, 2.05) is 0 Å². The Bertz CT molecular complexity index is 440. The normalized spacial score (nSPS) is 9.87. The smallest absolute Gasteiger partial charge is 1.00 e. The fourth-order valence-electron chi connectivity index (χ4n) is 0.828. The van der Waals surface area contributed by atoms with E-state index in [0.717, 1.165) is 11.0 Å². The summed E-state index contributed by atoms with van der Waals surface area (Å²) in [6.45, 7) is 6.71. The molecule has 76 valence electrons. The van der Waals surface area contributed by atoms with Crippen molar-refractivity contribution in [3.8, 4) is 5.75 Å². The molecule has 1 aromatic rings. The number of hydrogen-bond acceptors (Lipinski definition) is 3. The van der Waals surface area contributed by atoms with Gasteiger partial charge in [0.2, 0.25) is 0 Å². The summed E-state index contributed by atoms with van der Waals surface area (Å²) in [4.78, 5) is 0. The monoisotopic (exact) mass is 234 g/mol. The summed E-state index contributed by atoms with van der Waals surface area (Å²) < 4.78 is 26.6. The molecule has 0 saturated heterocycles. The third-order valence-electron chi connectivity index (χ3n) is 1.53. The van der Waals surface area contributed by atoms with Crippen LogP contribution in [0.2, 0.25) is 0 Å². The second kappa shape index (κ2) is 6.12. The molecule has 0 aliphatic carbocycles. The van der Waals surface area contributed by atoms with E-state index in [9.17, 15) is 8.42 Å². The van der Waals surface area contributed by atoms with Gasteiger partial charge in [-0.15, -0.1) is 0 Å². The van der Waals surface area contributed by atoms with Gasteiger partial charge >= 0.3 is 39.7 Å². The zero-order valence-electron chi connectivity index (χ0n) is 9.51. The van der Waals surface area contributed by atoms with Crippen molar-refractivity contribution >= 4 is 16.2 Å². The van der Waals surface area contributed by atoms with Crippen molar-refractivity contribution in [2.75, 3.05) is 0 Å². The van der Waals surface area contributed by atoms with E-state index in [0.29, 0.717) is 0 Å². The largest absolute Gasteiger partial charge is 1.00 e. The summed E-state index contributed by atoms with van der Waals surface area (Å²) in [5.41, 5.74) is 0.897. The standard InChI is InChI=1S/C10H10O3S.Na.H/c1-3-9-5-7-10(8-6-9)13-14(11,12)4-2;;/h3-8H,1-2H2;;/q;+1;-1. The van der Waals surface area contributed by atoms with Crippen molar-refractivity contribution in [1.82, 2.24) is 0 Å². The molecule has 0 aliphatic rings. The van der Waals surface area contributed by atoms with Crippen molar-refractivity contribution in [3.05, 3.63) is 48.4 Å². The first kappa shape index (κ1) is 14.5. The molecule has 3 nitrogen and oxygen atoms in total. The molecule has 1 rings (SSSR count). The Hall–Kier alpha value is -0.550. The van der Waals surface area contributed by atoms with E-state index in [2.05, 4.69) is 17.3 Å². The minimum atomic E-state index is -3.65. The quantitative estimate of drug-likeness (QED) is 0.511. The van der Waals surface area contributed by atoms with Crippen molar-refractivity contribution in [1.29, 1.82) is 0 Å². The zero-order valence-corrected chi connectivity index (χ0v) is 11.3. The molecule has 5 heteroatoms. The van der Waals surface area contributed by atoms with Gasteiger partial charge in [0.25, 0.3) is 0 Å². The molecule has 0 bridgehead atoms. The maximum absolute atomic E-state index is 11.0. The molecule has 0 fully saturated rings. The van der Waals surface area contributed by atoms with Crippen LogP contribution in [0.1, 0.15) is 6.99 Å². The summed E-state index contributed by atoms with van der Waals surface area (Å²) in [5.74, 6) is 0.260. The van der Waals surface area contributed by atoms with Crippen LogP contribution in [0.5, 0.6) is 5.75 Å². The average molecular weight is 234 g/mol. The molecule has 1 aromatic carbocycles. The van der Waals surface area contributed by atoms with Crippen molar-refractivity contribution in [3.63, 3.8) is 0 Å². The van der Waals surface area contributed by atoms with Crippen LogP contribution in [0.3, 0.4) is 0 Å². The van der Waals surface area contributed by atoms with Gasteiger partial charge in [0, 0.05) is 0 Å². The SMILES string of the molecule is C=Cc1ccc(OS(=O)(=O)C=C)cc1.[H-].[Na+]. The van der Waals surface area contributed by atoms with Gasteiger partial charge in [-0.2, -0.15) is 8.42 Å². The van der Waals surface area contributed by atoms with Crippen LogP contribution in [-0.2, 0) is 10.1 Å². The number of benzene rings is 1. The van der Waals surface area contributed by atoms with Crippen LogP contribution in [0, 0.1) is 0 Å². The first-order valence-corrected chi connectivity index (χ1v) is 5.34. The van der Waals surface area contributed by atoms with Crippen LogP contribution in [0.25, 0.3) is 6.08 Å². The fraction of sp³-hybridized carbons (Fsp3) is 0. The van der Waals surface area contributed by atoms with Crippen LogP contribution in [0.15, 0.2) is 42.8 Å². The Kier molecular flexibility index (Phi) is 5.90. The predicted molar refractivity (Wildman–Crippen MR) is 57.4 cm³/mol. The molecule has 0 radical (unpaired) electrons. The Morgan fingerprint density at radius 3 is 2.13 bits per heavy atom. The van der Waals surface area contributed by atoms with Crippen LogP contribution >= 0.6 is 0 Å². The average Bonchev–Trinajstić information content (AvgIpc) is 2.19. The van der Waals surface area contributed by atoms with Crippen LogP contribution in [0.4, 0.5) is 0 Å². The van der Waals surface area contributed by atoms with Crippen molar-refractivity contribution in [2.24, 2.45) is 0 Å². The Morgan fingerprint density at radius 1 is 1.20 bits per heavy atom. The van der Waals surface area contributed by atoms with Gasteiger partial charge in [-0.3, -0.25) is 0 Å². The Balaban J connectivity index is 0. The van der Waals surface area contributed by atoms with E-state index in [-0.39, 0.29) is 36.7 Å². The number of hydrogen-bond donors (Lipinski definition) is 0. The molecule has 0 atom stereocenters. The summed E-state index contributed by atoms with van der Waals surface area (Å²) >= 11 is 0. The predicted octanol–water partition coefficient (Wildman–Crippen LogP) is -0.702. The molecule has 0 amide bonds. The maximum Gasteiger partial charge on any atom is 1.00 e. The van der Waals surface area contributed by atoms with Crippen LogP contribution < -0.4 is 33.7 Å². The van der Waals surface area contributed by atoms with Crippen molar-refractivity contribution in [2.45, 2.75) is 0 Å². The fourth-order valence-corrected chi connectivity index (χ4v) is 1.28. The van der Waals surface area contributed by atoms with E-state index >= 15 is 0 Å². The summed E-state index contributed by atoms with van der Waals surface area (Å²) in [7, 11) is -3.65. The summed E-state index contributed by atoms with van der Waals surface area (Å²) in [6.07, 6.45) is 1.66. The van der Waals surface area contributed by atoms with Gasteiger partial charge in [-0.05, 0) is 17.7 Å². The van der Waals surface area contributed by atoms with Gasteiger partial charge in [-0.25, -0.2) is 0 Å². The molecule has 0 saturated carbocycles. The molecule has 0 heterocycles. The minimum Gasteiger partial charge on any atom is -1.00 e. The first-order valence-electron chi connectivity index (χ1n) is 3.87. The maximum atomic E-state index is 11.0. The molecule has 0 N–H and O–H groups in total. The molecular weight excluding hydrogens is 223 g/mol. The first-order chi connectivity index (χ1) is 6.57. The van der Waals surface area contributed by atoms with Gasteiger partial charge in [0.1, 0.15) is 5.75 Å². The molecule has 0 unspecified atom stereocenters. The summed E-state index contributed by atoms with van der Waals surface area (Å²) in [6, 6.07) is 6.53. The zero-order chi connectivity index (χ0) is 10.6. The molecule has 15 heavy (non-hydrogen) atoms. The topological polar surface area (TPSA) is 43.4 Å². The van der Waals surface area contributed by atoms with Gasteiger partial charge in [0.15, 0.2) is 0 Å². The van der Waals surface area contributed by atoms with Gasteiger partial charge in [0.05, 0.1) is 5.41 Å². The van der Waals surface area contributed by atoms with E-state index in [1.165, 1.54) is 0 Å². The third-order valence-corrected chi connectivity index (χ3v) is 2.37. The van der Waals surface area contributed by atoms with E-state index in [1.54, 1.807) is 30.3 Å². The second-order valence-corrected chi connectivity index (χ2v) is 4.00. The van der Waals surface area contributed by atoms with E-state index in [4.69, 9.17) is 0 Å². The third kappa shape index (κ3) is 4.66. The molecule has 0 aliphatic heterocycles. The molecular formula is C10H11NaO3S. The number of rotatable bonds is 4. The van der Waals surface area contributed by atoms with Crippen LogP contribution in [-0.4, -0.2) is 8.42 Å². The Morgan fingerprint density at radius 2 is 1.73 bits per heavy atom. The minimum absolute atomic E-state index is 0. The molecule has 0 spiro atoms. The van der Waals surface area contributed by atoms with Gasteiger partial charge in [-0.1, -0.05) is 31.4 Å².